The zero-order valence-corrected chi connectivity index (χ0v) is 15.6. The number of aryl methyl sites for hydroxylation is 1. The molecule has 0 saturated heterocycles. The predicted molar refractivity (Wildman–Crippen MR) is 102 cm³/mol. The molecular formula is C21H24FNO3. The van der Waals surface area contributed by atoms with Gasteiger partial charge in [-0.1, -0.05) is 23.8 Å². The lowest BCUT2D eigenvalue weighted by molar-refractivity contribution is 0.104. The molecule has 2 aromatic rings. The molecule has 0 aliphatic carbocycles. The van der Waals surface area contributed by atoms with Crippen LogP contribution >= 0.6 is 0 Å². The molecule has 4 nitrogen and oxygen atoms in total. The summed E-state index contributed by atoms with van der Waals surface area (Å²) >= 11 is 0. The summed E-state index contributed by atoms with van der Waals surface area (Å²) < 4.78 is 24.4. The van der Waals surface area contributed by atoms with E-state index in [4.69, 9.17) is 9.47 Å². The van der Waals surface area contributed by atoms with Gasteiger partial charge in [-0.15, -0.1) is 0 Å². The van der Waals surface area contributed by atoms with E-state index in [-0.39, 0.29) is 11.5 Å². The maximum absolute atomic E-state index is 13.8. The van der Waals surface area contributed by atoms with Crippen molar-refractivity contribution in [2.75, 3.05) is 34.4 Å². The predicted octanol–water partition coefficient (Wildman–Crippen LogP) is 3.98. The first-order valence-corrected chi connectivity index (χ1v) is 8.35. The summed E-state index contributed by atoms with van der Waals surface area (Å²) in [6.07, 6.45) is 3.01. The molecular weight excluding hydrogens is 333 g/mol. The van der Waals surface area contributed by atoms with E-state index in [1.165, 1.54) is 25.3 Å². The van der Waals surface area contributed by atoms with Gasteiger partial charge in [0, 0.05) is 6.54 Å². The highest BCUT2D eigenvalue weighted by Crippen LogP contribution is 2.22. The lowest BCUT2D eigenvalue weighted by Crippen LogP contribution is -2.20. The van der Waals surface area contributed by atoms with Crippen molar-refractivity contribution in [2.24, 2.45) is 0 Å². The molecule has 0 spiro atoms. The van der Waals surface area contributed by atoms with Gasteiger partial charge in [-0.05, 0) is 56.9 Å². The van der Waals surface area contributed by atoms with Crippen molar-refractivity contribution in [2.45, 2.75) is 6.92 Å². The molecule has 26 heavy (non-hydrogen) atoms. The molecule has 0 aliphatic heterocycles. The number of ether oxygens (including phenoxy) is 2. The molecule has 0 atom stereocenters. The molecule has 2 aromatic carbocycles. The minimum Gasteiger partial charge on any atom is -0.494 e. The van der Waals surface area contributed by atoms with Gasteiger partial charge in [-0.2, -0.15) is 0 Å². The summed E-state index contributed by atoms with van der Waals surface area (Å²) in [6.45, 7) is 3.16. The van der Waals surface area contributed by atoms with Gasteiger partial charge in [-0.25, -0.2) is 4.39 Å². The number of rotatable bonds is 8. The second kappa shape index (κ2) is 9.15. The second-order valence-electron chi connectivity index (χ2n) is 6.24. The van der Waals surface area contributed by atoms with E-state index in [1.807, 2.05) is 32.0 Å². The van der Waals surface area contributed by atoms with Gasteiger partial charge in [0.05, 0.1) is 12.7 Å². The number of likely N-dealkylation sites (N-methyl/N-ethyl adjacent to an activating group) is 1. The smallest absolute Gasteiger partial charge is 0.189 e. The van der Waals surface area contributed by atoms with Gasteiger partial charge in [0.2, 0.25) is 0 Å². The van der Waals surface area contributed by atoms with Crippen LogP contribution in [0, 0.1) is 12.7 Å². The maximum Gasteiger partial charge on any atom is 0.189 e. The molecule has 0 amide bonds. The Bertz CT molecular complexity index is 800. The molecule has 0 radical (unpaired) electrons. The summed E-state index contributed by atoms with van der Waals surface area (Å²) in [4.78, 5) is 14.6. The van der Waals surface area contributed by atoms with Gasteiger partial charge in [0.1, 0.15) is 12.4 Å². The van der Waals surface area contributed by atoms with Gasteiger partial charge in [0.15, 0.2) is 17.3 Å². The minimum absolute atomic E-state index is 0.170. The molecule has 0 unspecified atom stereocenters. The van der Waals surface area contributed by atoms with Crippen LogP contribution in [0.2, 0.25) is 0 Å². The number of ketones is 1. The molecule has 0 aliphatic rings. The highest BCUT2D eigenvalue weighted by molar-refractivity contribution is 6.08. The molecule has 0 saturated carbocycles. The van der Waals surface area contributed by atoms with Gasteiger partial charge in [-0.3, -0.25) is 4.79 Å². The van der Waals surface area contributed by atoms with Crippen LogP contribution in [0.15, 0.2) is 42.5 Å². The van der Waals surface area contributed by atoms with Gasteiger partial charge < -0.3 is 14.4 Å². The monoisotopic (exact) mass is 357 g/mol. The fourth-order valence-corrected chi connectivity index (χ4v) is 2.35. The Morgan fingerprint density at radius 3 is 2.54 bits per heavy atom. The number of halogens is 1. The molecule has 0 bridgehead atoms. The van der Waals surface area contributed by atoms with E-state index in [0.29, 0.717) is 23.5 Å². The van der Waals surface area contributed by atoms with E-state index in [0.717, 1.165) is 12.1 Å². The van der Waals surface area contributed by atoms with Crippen molar-refractivity contribution >= 4 is 11.9 Å². The first-order valence-electron chi connectivity index (χ1n) is 8.35. The van der Waals surface area contributed by atoms with Crippen LogP contribution in [-0.2, 0) is 0 Å². The van der Waals surface area contributed by atoms with E-state index in [9.17, 15) is 9.18 Å². The number of carbonyl (C=O) groups excluding carboxylic acids is 1. The Labute approximate surface area is 153 Å². The van der Waals surface area contributed by atoms with Crippen molar-refractivity contribution < 1.29 is 18.7 Å². The third-order valence-corrected chi connectivity index (χ3v) is 3.80. The van der Waals surface area contributed by atoms with Crippen molar-refractivity contribution in [3.8, 4) is 11.5 Å². The lowest BCUT2D eigenvalue weighted by Gasteiger charge is -2.13. The molecule has 0 aromatic heterocycles. The van der Waals surface area contributed by atoms with Crippen LogP contribution in [0.5, 0.6) is 11.5 Å². The van der Waals surface area contributed by atoms with Crippen LogP contribution in [0.25, 0.3) is 6.08 Å². The maximum atomic E-state index is 13.8. The average Bonchev–Trinajstić information content (AvgIpc) is 2.60. The standard InChI is InChI=1S/C21H24FNO3/c1-15-5-9-20(26-12-11-23(2)3)17(13-15)19(24)8-6-16-7-10-21(25-4)18(22)14-16/h5-10,13-14H,11-12H2,1-4H3/b8-6+. The molecule has 138 valence electrons. The first-order chi connectivity index (χ1) is 12.4. The highest BCUT2D eigenvalue weighted by atomic mass is 19.1. The average molecular weight is 357 g/mol. The SMILES string of the molecule is COc1ccc(/C=C/C(=O)c2cc(C)ccc2OCCN(C)C)cc1F. The third-order valence-electron chi connectivity index (χ3n) is 3.80. The van der Waals surface area contributed by atoms with E-state index < -0.39 is 5.82 Å². The van der Waals surface area contributed by atoms with Crippen molar-refractivity contribution in [3.05, 3.63) is 65.0 Å². The summed E-state index contributed by atoms with van der Waals surface area (Å²) in [6, 6.07) is 10.1. The fraction of sp³-hybridized carbons (Fsp3) is 0.286. The van der Waals surface area contributed by atoms with Crippen LogP contribution in [0.1, 0.15) is 21.5 Å². The second-order valence-corrected chi connectivity index (χ2v) is 6.24. The number of allylic oxidation sites excluding steroid dienone is 1. The minimum atomic E-state index is -0.467. The fourth-order valence-electron chi connectivity index (χ4n) is 2.35. The normalized spacial score (nSPS) is 11.2. The van der Waals surface area contributed by atoms with E-state index in [1.54, 1.807) is 24.3 Å². The topological polar surface area (TPSA) is 38.8 Å². The summed E-state index contributed by atoms with van der Waals surface area (Å²) in [7, 11) is 5.33. The number of hydrogen-bond acceptors (Lipinski definition) is 4. The van der Waals surface area contributed by atoms with Crippen LogP contribution in [0.4, 0.5) is 4.39 Å². The van der Waals surface area contributed by atoms with Crippen LogP contribution < -0.4 is 9.47 Å². The van der Waals surface area contributed by atoms with Crippen LogP contribution in [-0.4, -0.2) is 45.0 Å². The Morgan fingerprint density at radius 2 is 1.88 bits per heavy atom. The Hall–Kier alpha value is -2.66. The van der Waals surface area contributed by atoms with E-state index >= 15 is 0 Å². The van der Waals surface area contributed by atoms with Crippen molar-refractivity contribution in [1.29, 1.82) is 0 Å². The number of hydrogen-bond donors (Lipinski definition) is 0. The van der Waals surface area contributed by atoms with Crippen LogP contribution in [0.3, 0.4) is 0 Å². The molecule has 2 rings (SSSR count). The van der Waals surface area contributed by atoms with Gasteiger partial charge >= 0.3 is 0 Å². The number of benzene rings is 2. The zero-order valence-electron chi connectivity index (χ0n) is 15.6. The van der Waals surface area contributed by atoms with Crippen molar-refractivity contribution in [3.63, 3.8) is 0 Å². The molecule has 0 heterocycles. The molecule has 5 heteroatoms. The zero-order chi connectivity index (χ0) is 19.1. The Morgan fingerprint density at radius 1 is 1.15 bits per heavy atom. The molecule has 0 fully saturated rings. The summed E-state index contributed by atoms with van der Waals surface area (Å²) in [5, 5.41) is 0. The van der Waals surface area contributed by atoms with Gasteiger partial charge in [0.25, 0.3) is 0 Å². The summed E-state index contributed by atoms with van der Waals surface area (Å²) in [5.41, 5.74) is 2.05. The quantitative estimate of drug-likeness (QED) is 0.529. The highest BCUT2D eigenvalue weighted by Gasteiger charge is 2.11. The Balaban J connectivity index is 2.17. The third kappa shape index (κ3) is 5.43. The lowest BCUT2D eigenvalue weighted by atomic mass is 10.1. The van der Waals surface area contributed by atoms with E-state index in [2.05, 4.69) is 0 Å². The number of methoxy groups -OCH3 is 1. The Kier molecular flexibility index (Phi) is 6.92. The van der Waals surface area contributed by atoms with Crippen molar-refractivity contribution in [1.82, 2.24) is 4.90 Å². The largest absolute Gasteiger partial charge is 0.494 e. The summed E-state index contributed by atoms with van der Waals surface area (Å²) in [5.74, 6) is 0.0619. The molecule has 0 N–H and O–H groups in total. The number of nitrogens with zero attached hydrogens (tertiary/aromatic N) is 1. The first kappa shape index (κ1) is 19.7. The number of carbonyl (C=O) groups is 1.